The third kappa shape index (κ3) is 4.60. The van der Waals surface area contributed by atoms with Gasteiger partial charge in [0.05, 0.1) is 19.0 Å². The summed E-state index contributed by atoms with van der Waals surface area (Å²) >= 11 is 0. The first-order valence-electron chi connectivity index (χ1n) is 2.71. The lowest BCUT2D eigenvalue weighted by Gasteiger charge is -2.03. The van der Waals surface area contributed by atoms with Gasteiger partial charge < -0.3 is 15.4 Å². The van der Waals surface area contributed by atoms with E-state index >= 15 is 0 Å². The van der Waals surface area contributed by atoms with E-state index in [0.29, 0.717) is 0 Å². The van der Waals surface area contributed by atoms with Crippen LogP contribution in [-0.2, 0) is 9.09 Å². The van der Waals surface area contributed by atoms with E-state index < -0.39 is 13.8 Å². The molecule has 0 aliphatic rings. The maximum atomic E-state index is 10.6. The molecule has 0 aromatic rings. The fraction of sp³-hybridized carbons (Fsp3) is 1.00. The van der Waals surface area contributed by atoms with E-state index in [1.165, 1.54) is 0 Å². The van der Waals surface area contributed by atoms with Crippen LogP contribution in [0, 0.1) is 0 Å². The van der Waals surface area contributed by atoms with E-state index in [9.17, 15) is 4.57 Å². The molecule has 0 heterocycles. The molecule has 0 spiro atoms. The molecular weight excluding hydrogens is 141 g/mol. The Balaban J connectivity index is 3.28. The molecule has 0 radical (unpaired) electrons. The van der Waals surface area contributed by atoms with Crippen molar-refractivity contribution in [2.75, 3.05) is 13.2 Å². The highest BCUT2D eigenvalue weighted by Gasteiger charge is 2.03. The summed E-state index contributed by atoms with van der Waals surface area (Å²) in [5.41, 5.74) is 5.20. The van der Waals surface area contributed by atoms with Gasteiger partial charge in [0.15, 0.2) is 0 Å². The Morgan fingerprint density at radius 1 is 1.89 bits per heavy atom. The molecule has 0 bridgehead atoms. The zero-order chi connectivity index (χ0) is 7.28. The van der Waals surface area contributed by atoms with Crippen LogP contribution in [-0.4, -0.2) is 24.1 Å². The summed E-state index contributed by atoms with van der Waals surface area (Å²) in [4.78, 5) is 0. The molecule has 9 heavy (non-hydrogen) atoms. The molecule has 0 saturated carbocycles. The minimum absolute atomic E-state index is 0.108. The van der Waals surface area contributed by atoms with Crippen LogP contribution in [0.4, 0.5) is 0 Å². The SMILES string of the molecule is CC(N)[PH](=O)OCCO. The van der Waals surface area contributed by atoms with Crippen molar-refractivity contribution in [3.05, 3.63) is 0 Å². The first-order chi connectivity index (χ1) is 4.18. The van der Waals surface area contributed by atoms with Crippen molar-refractivity contribution in [3.63, 3.8) is 0 Å². The zero-order valence-corrected chi connectivity index (χ0v) is 6.33. The fourth-order valence-electron chi connectivity index (χ4n) is 0.278. The van der Waals surface area contributed by atoms with Crippen molar-refractivity contribution >= 4 is 8.03 Å². The number of nitrogens with two attached hydrogens (primary N) is 1. The molecule has 0 fully saturated rings. The van der Waals surface area contributed by atoms with Gasteiger partial charge in [-0.2, -0.15) is 0 Å². The highest BCUT2D eigenvalue weighted by Crippen LogP contribution is 2.24. The van der Waals surface area contributed by atoms with Gasteiger partial charge >= 0.3 is 0 Å². The van der Waals surface area contributed by atoms with Crippen LogP contribution < -0.4 is 5.73 Å². The minimum Gasteiger partial charge on any atom is -0.394 e. The predicted octanol–water partition coefficient (Wildman–Crippen LogP) is -0.225. The van der Waals surface area contributed by atoms with Gasteiger partial charge in [-0.15, -0.1) is 0 Å². The molecule has 3 N–H and O–H groups in total. The van der Waals surface area contributed by atoms with Crippen molar-refractivity contribution in [3.8, 4) is 0 Å². The Morgan fingerprint density at radius 3 is 2.78 bits per heavy atom. The molecule has 0 aromatic heterocycles. The van der Waals surface area contributed by atoms with Gasteiger partial charge in [-0.05, 0) is 6.92 Å². The second-order valence-electron chi connectivity index (χ2n) is 1.68. The lowest BCUT2D eigenvalue weighted by atomic mass is 10.8. The Morgan fingerprint density at radius 2 is 2.44 bits per heavy atom. The van der Waals surface area contributed by atoms with Crippen LogP contribution in [0.25, 0.3) is 0 Å². The summed E-state index contributed by atoms with van der Waals surface area (Å²) < 4.78 is 15.3. The van der Waals surface area contributed by atoms with E-state index in [0.717, 1.165) is 0 Å². The van der Waals surface area contributed by atoms with Gasteiger partial charge in [-0.1, -0.05) is 0 Å². The van der Waals surface area contributed by atoms with Crippen molar-refractivity contribution in [2.24, 2.45) is 5.73 Å². The minimum atomic E-state index is -2.10. The Labute approximate surface area is 54.9 Å². The average molecular weight is 153 g/mol. The van der Waals surface area contributed by atoms with E-state index in [-0.39, 0.29) is 13.2 Å². The molecule has 0 aliphatic carbocycles. The first-order valence-corrected chi connectivity index (χ1v) is 4.11. The summed E-state index contributed by atoms with van der Waals surface area (Å²) in [5.74, 6) is -0.415. The van der Waals surface area contributed by atoms with Crippen molar-refractivity contribution in [2.45, 2.75) is 12.7 Å². The topological polar surface area (TPSA) is 72.6 Å². The molecule has 0 saturated heterocycles. The largest absolute Gasteiger partial charge is 0.394 e. The quantitative estimate of drug-likeness (QED) is 0.547. The van der Waals surface area contributed by atoms with Crippen LogP contribution in [0.1, 0.15) is 6.92 Å². The van der Waals surface area contributed by atoms with E-state index in [4.69, 9.17) is 10.8 Å². The lowest BCUT2D eigenvalue weighted by molar-refractivity contribution is 0.206. The lowest BCUT2D eigenvalue weighted by Crippen LogP contribution is -2.10. The van der Waals surface area contributed by atoms with Crippen molar-refractivity contribution < 1.29 is 14.2 Å². The first kappa shape index (κ1) is 9.11. The van der Waals surface area contributed by atoms with Crippen molar-refractivity contribution in [1.82, 2.24) is 0 Å². The Hall–Kier alpha value is 0.110. The Bertz CT molecular complexity index is 95.8. The molecule has 2 atom stereocenters. The summed E-state index contributed by atoms with van der Waals surface area (Å²) in [6.45, 7) is 1.61. The summed E-state index contributed by atoms with van der Waals surface area (Å²) in [6.07, 6.45) is 0. The fourth-order valence-corrected chi connectivity index (χ4v) is 0.833. The van der Waals surface area contributed by atoms with Gasteiger partial charge in [0, 0.05) is 0 Å². The third-order valence-electron chi connectivity index (χ3n) is 0.707. The monoisotopic (exact) mass is 153 g/mol. The highest BCUT2D eigenvalue weighted by molar-refractivity contribution is 7.39. The maximum Gasteiger partial charge on any atom is 0.207 e. The van der Waals surface area contributed by atoms with Crippen LogP contribution >= 0.6 is 8.03 Å². The summed E-state index contributed by atoms with van der Waals surface area (Å²) in [7, 11) is -2.10. The van der Waals surface area contributed by atoms with Crippen LogP contribution in [0.15, 0.2) is 0 Å². The van der Waals surface area contributed by atoms with Gasteiger partial charge in [-0.25, -0.2) is 0 Å². The number of rotatable bonds is 4. The molecule has 0 aliphatic heterocycles. The summed E-state index contributed by atoms with van der Waals surface area (Å²) in [5, 5.41) is 8.21. The van der Waals surface area contributed by atoms with E-state index in [1.807, 2.05) is 0 Å². The Kier molecular flexibility index (Phi) is 5.00. The molecule has 0 rings (SSSR count). The highest BCUT2D eigenvalue weighted by atomic mass is 31.1. The molecule has 2 unspecified atom stereocenters. The normalized spacial score (nSPS) is 17.2. The molecule has 56 valence electrons. The number of hydrogen-bond acceptors (Lipinski definition) is 4. The van der Waals surface area contributed by atoms with Gasteiger partial charge in [0.1, 0.15) is 0 Å². The van der Waals surface area contributed by atoms with Crippen LogP contribution in [0.3, 0.4) is 0 Å². The zero-order valence-electron chi connectivity index (χ0n) is 5.33. The average Bonchev–Trinajstić information content (AvgIpc) is 1.82. The number of aliphatic hydroxyl groups excluding tert-OH is 1. The van der Waals surface area contributed by atoms with Gasteiger partial charge in [0.25, 0.3) is 0 Å². The second kappa shape index (κ2) is 4.94. The third-order valence-corrected chi connectivity index (χ3v) is 1.94. The van der Waals surface area contributed by atoms with Gasteiger partial charge in [-0.3, -0.25) is 4.57 Å². The molecule has 5 heteroatoms. The van der Waals surface area contributed by atoms with E-state index in [2.05, 4.69) is 4.52 Å². The number of aliphatic hydroxyl groups is 1. The second-order valence-corrected chi connectivity index (χ2v) is 3.52. The van der Waals surface area contributed by atoms with E-state index in [1.54, 1.807) is 6.92 Å². The maximum absolute atomic E-state index is 10.6. The standard InChI is InChI=1S/C4H12NO3P/c1-4(5)9(7)8-3-2-6/h4,6,9H,2-3,5H2,1H3. The predicted molar refractivity (Wildman–Crippen MR) is 35.7 cm³/mol. The summed E-state index contributed by atoms with van der Waals surface area (Å²) in [6, 6.07) is 0. The molecule has 0 amide bonds. The smallest absolute Gasteiger partial charge is 0.207 e. The van der Waals surface area contributed by atoms with Crippen molar-refractivity contribution in [1.29, 1.82) is 0 Å². The molecule has 0 aromatic carbocycles. The molecule has 4 nitrogen and oxygen atoms in total. The number of hydrogen-bond donors (Lipinski definition) is 2. The van der Waals surface area contributed by atoms with Gasteiger partial charge in [0.2, 0.25) is 8.03 Å². The van der Waals surface area contributed by atoms with Crippen LogP contribution in [0.2, 0.25) is 0 Å². The molecular formula is C4H12NO3P. The van der Waals surface area contributed by atoms with Crippen LogP contribution in [0.5, 0.6) is 0 Å².